The van der Waals surface area contributed by atoms with Crippen molar-refractivity contribution in [3.8, 4) is 5.88 Å². The molecule has 6 nitrogen and oxygen atoms in total. The third-order valence-corrected chi connectivity index (χ3v) is 5.20. The van der Waals surface area contributed by atoms with E-state index in [0.717, 1.165) is 34.7 Å². The van der Waals surface area contributed by atoms with Crippen LogP contribution in [0.5, 0.6) is 5.88 Å². The van der Waals surface area contributed by atoms with Gasteiger partial charge >= 0.3 is 0 Å². The molecule has 2 aromatic heterocycles. The number of aryl methyl sites for hydroxylation is 2. The highest BCUT2D eigenvalue weighted by Gasteiger charge is 2.22. The van der Waals surface area contributed by atoms with Crippen LogP contribution >= 0.6 is 11.3 Å². The lowest BCUT2D eigenvalue weighted by molar-refractivity contribution is 0.288. The van der Waals surface area contributed by atoms with Gasteiger partial charge in [-0.25, -0.2) is 9.97 Å². The molecule has 1 aliphatic rings. The van der Waals surface area contributed by atoms with Crippen molar-refractivity contribution in [2.24, 2.45) is 10.9 Å². The van der Waals surface area contributed by atoms with Crippen LogP contribution in [0.15, 0.2) is 23.3 Å². The van der Waals surface area contributed by atoms with Gasteiger partial charge in [-0.3, -0.25) is 4.99 Å². The van der Waals surface area contributed by atoms with E-state index in [0.29, 0.717) is 19.0 Å². The predicted octanol–water partition coefficient (Wildman–Crippen LogP) is 2.81. The smallest absolute Gasteiger partial charge is 0.213 e. The zero-order chi connectivity index (χ0) is 17.6. The van der Waals surface area contributed by atoms with Crippen molar-refractivity contribution in [2.75, 3.05) is 13.7 Å². The Morgan fingerprint density at radius 2 is 2.12 bits per heavy atom. The second-order valence-corrected chi connectivity index (χ2v) is 7.57. The van der Waals surface area contributed by atoms with E-state index < -0.39 is 0 Å². The van der Waals surface area contributed by atoms with Gasteiger partial charge in [0.1, 0.15) is 5.01 Å². The lowest BCUT2D eigenvalue weighted by atomic mass is 10.2. The highest BCUT2D eigenvalue weighted by atomic mass is 32.1. The van der Waals surface area contributed by atoms with Crippen LogP contribution in [0.1, 0.15) is 34.0 Å². The molecule has 0 amide bonds. The van der Waals surface area contributed by atoms with Crippen molar-refractivity contribution in [3.63, 3.8) is 0 Å². The number of nitrogens with one attached hydrogen (secondary N) is 2. The molecular weight excluding hydrogens is 334 g/mol. The standard InChI is InChI=1S/C18H25N5OS/c1-12-13(2)25-17(23-12)10-22-18(19-3)21-9-15-6-7-20-16(8-15)24-11-14-4-5-14/h6-8,14H,4-5,9-11H2,1-3H3,(H2,19,21,22). The van der Waals surface area contributed by atoms with E-state index in [-0.39, 0.29) is 0 Å². The maximum atomic E-state index is 5.73. The second-order valence-electron chi connectivity index (χ2n) is 6.29. The van der Waals surface area contributed by atoms with Crippen LogP contribution in [0.25, 0.3) is 0 Å². The van der Waals surface area contributed by atoms with Crippen LogP contribution in [-0.2, 0) is 13.1 Å². The topological polar surface area (TPSA) is 71.4 Å². The minimum Gasteiger partial charge on any atom is -0.477 e. The molecule has 0 radical (unpaired) electrons. The summed E-state index contributed by atoms with van der Waals surface area (Å²) in [4.78, 5) is 14.3. The Kier molecular flexibility index (Phi) is 5.86. The molecule has 0 aromatic carbocycles. The summed E-state index contributed by atoms with van der Waals surface area (Å²) in [6, 6.07) is 3.97. The SMILES string of the molecule is CN=C(NCc1ccnc(OCC2CC2)c1)NCc1nc(C)c(C)s1. The van der Waals surface area contributed by atoms with Crippen LogP contribution in [0.3, 0.4) is 0 Å². The first kappa shape index (κ1) is 17.7. The highest BCUT2D eigenvalue weighted by Crippen LogP contribution is 2.29. The average Bonchev–Trinajstić information content (AvgIpc) is 3.39. The quantitative estimate of drug-likeness (QED) is 0.587. The van der Waals surface area contributed by atoms with Crippen LogP contribution in [0.4, 0.5) is 0 Å². The predicted molar refractivity (Wildman–Crippen MR) is 101 cm³/mol. The Morgan fingerprint density at radius 3 is 2.80 bits per heavy atom. The van der Waals surface area contributed by atoms with Crippen LogP contribution in [0.2, 0.25) is 0 Å². The van der Waals surface area contributed by atoms with Crippen molar-refractivity contribution >= 4 is 17.3 Å². The van der Waals surface area contributed by atoms with Gasteiger partial charge in [0, 0.05) is 30.7 Å². The number of pyridine rings is 1. The Hall–Kier alpha value is -2.15. The number of ether oxygens (including phenoxy) is 1. The lowest BCUT2D eigenvalue weighted by Crippen LogP contribution is -2.36. The van der Waals surface area contributed by atoms with Gasteiger partial charge in [0.05, 0.1) is 18.8 Å². The second kappa shape index (κ2) is 8.29. The molecule has 7 heteroatoms. The molecule has 0 aliphatic heterocycles. The number of rotatable bonds is 7. The molecule has 25 heavy (non-hydrogen) atoms. The molecule has 2 N–H and O–H groups in total. The van der Waals surface area contributed by atoms with E-state index in [1.165, 1.54) is 17.7 Å². The van der Waals surface area contributed by atoms with E-state index >= 15 is 0 Å². The van der Waals surface area contributed by atoms with Crippen LogP contribution in [0, 0.1) is 19.8 Å². The maximum absolute atomic E-state index is 5.73. The van der Waals surface area contributed by atoms with Gasteiger partial charge in [-0.1, -0.05) is 0 Å². The summed E-state index contributed by atoms with van der Waals surface area (Å²) in [5, 5.41) is 7.68. The van der Waals surface area contributed by atoms with E-state index in [2.05, 4.69) is 32.5 Å². The molecule has 2 aromatic rings. The average molecular weight is 359 g/mol. The van der Waals surface area contributed by atoms with Gasteiger partial charge in [-0.2, -0.15) is 0 Å². The molecule has 0 unspecified atom stereocenters. The summed E-state index contributed by atoms with van der Waals surface area (Å²) in [6.45, 7) is 6.24. The van der Waals surface area contributed by atoms with Crippen molar-refractivity contribution < 1.29 is 4.74 Å². The monoisotopic (exact) mass is 359 g/mol. The van der Waals surface area contributed by atoms with Crippen molar-refractivity contribution in [1.29, 1.82) is 0 Å². The number of aromatic nitrogens is 2. The molecule has 134 valence electrons. The maximum Gasteiger partial charge on any atom is 0.213 e. The molecular formula is C18H25N5OS. The van der Waals surface area contributed by atoms with Crippen molar-refractivity contribution in [3.05, 3.63) is 39.5 Å². The molecule has 3 rings (SSSR count). The van der Waals surface area contributed by atoms with Gasteiger partial charge in [0.25, 0.3) is 0 Å². The highest BCUT2D eigenvalue weighted by molar-refractivity contribution is 7.11. The van der Waals surface area contributed by atoms with Gasteiger partial charge in [-0.05, 0) is 44.2 Å². The summed E-state index contributed by atoms with van der Waals surface area (Å²) in [5.74, 6) is 2.18. The third kappa shape index (κ3) is 5.42. The number of hydrogen-bond acceptors (Lipinski definition) is 5. The van der Waals surface area contributed by atoms with E-state index in [1.807, 2.05) is 19.1 Å². The first-order valence-corrected chi connectivity index (χ1v) is 9.41. The van der Waals surface area contributed by atoms with E-state index in [4.69, 9.17) is 4.74 Å². The summed E-state index contributed by atoms with van der Waals surface area (Å²) >= 11 is 1.71. The third-order valence-electron chi connectivity index (χ3n) is 4.13. The molecule has 0 atom stereocenters. The zero-order valence-corrected chi connectivity index (χ0v) is 15.8. The summed E-state index contributed by atoms with van der Waals surface area (Å²) in [7, 11) is 1.77. The fourth-order valence-electron chi connectivity index (χ4n) is 2.31. The van der Waals surface area contributed by atoms with Crippen molar-refractivity contribution in [1.82, 2.24) is 20.6 Å². The summed E-state index contributed by atoms with van der Waals surface area (Å²) in [6.07, 6.45) is 4.35. The van der Waals surface area contributed by atoms with Crippen LogP contribution in [-0.4, -0.2) is 29.6 Å². The van der Waals surface area contributed by atoms with Gasteiger partial charge in [0.15, 0.2) is 5.96 Å². The summed E-state index contributed by atoms with van der Waals surface area (Å²) in [5.41, 5.74) is 2.21. The van der Waals surface area contributed by atoms with Crippen LogP contribution < -0.4 is 15.4 Å². The molecule has 0 spiro atoms. The Balaban J connectivity index is 1.47. The number of aliphatic imine (C=N–C) groups is 1. The van der Waals surface area contributed by atoms with E-state index in [9.17, 15) is 0 Å². The van der Waals surface area contributed by atoms with Gasteiger partial charge < -0.3 is 15.4 Å². The van der Waals surface area contributed by atoms with Gasteiger partial charge in [0.2, 0.25) is 5.88 Å². The molecule has 1 aliphatic carbocycles. The normalized spacial score (nSPS) is 14.4. The summed E-state index contributed by atoms with van der Waals surface area (Å²) < 4.78 is 5.73. The Bertz CT molecular complexity index is 719. The number of thiazole rings is 1. The Morgan fingerprint density at radius 1 is 1.32 bits per heavy atom. The zero-order valence-electron chi connectivity index (χ0n) is 15.0. The van der Waals surface area contributed by atoms with Crippen molar-refractivity contribution in [2.45, 2.75) is 39.8 Å². The lowest BCUT2D eigenvalue weighted by Gasteiger charge is -2.11. The molecule has 0 bridgehead atoms. The first-order chi connectivity index (χ1) is 12.1. The fraction of sp³-hybridized carbons (Fsp3) is 0.500. The number of guanidine groups is 1. The molecule has 2 heterocycles. The largest absolute Gasteiger partial charge is 0.477 e. The fourth-order valence-corrected chi connectivity index (χ4v) is 3.18. The molecule has 1 fully saturated rings. The minimum absolute atomic E-state index is 0.665. The minimum atomic E-state index is 0.665. The van der Waals surface area contributed by atoms with E-state index in [1.54, 1.807) is 24.6 Å². The Labute approximate surface area is 152 Å². The first-order valence-electron chi connectivity index (χ1n) is 8.59. The molecule has 0 saturated heterocycles. The molecule has 1 saturated carbocycles. The number of hydrogen-bond donors (Lipinski definition) is 2. The van der Waals surface area contributed by atoms with Gasteiger partial charge in [-0.15, -0.1) is 11.3 Å². The number of nitrogens with zero attached hydrogens (tertiary/aromatic N) is 3.